The Labute approximate surface area is 101 Å². The standard InChI is InChI=1S/C11H10BrN3O/c1-7-4-8(12)2-3-10(7)11(16)15-9-5-13-14-6-9/h2-6H,1H3,(H,13,14)(H,15,16). The first kappa shape index (κ1) is 10.9. The average molecular weight is 280 g/mol. The Balaban J connectivity index is 2.21. The van der Waals surface area contributed by atoms with Crippen LogP contribution in [0.2, 0.25) is 0 Å². The Bertz CT molecular complexity index is 508. The summed E-state index contributed by atoms with van der Waals surface area (Å²) in [4.78, 5) is 11.9. The molecule has 0 atom stereocenters. The lowest BCUT2D eigenvalue weighted by atomic mass is 10.1. The number of anilines is 1. The van der Waals surface area contributed by atoms with E-state index >= 15 is 0 Å². The number of hydrogen-bond acceptors (Lipinski definition) is 2. The highest BCUT2D eigenvalue weighted by molar-refractivity contribution is 9.10. The Morgan fingerprint density at radius 2 is 2.31 bits per heavy atom. The SMILES string of the molecule is Cc1cc(Br)ccc1C(=O)Nc1cn[nH]c1. The van der Waals surface area contributed by atoms with E-state index in [0.717, 1.165) is 10.0 Å². The summed E-state index contributed by atoms with van der Waals surface area (Å²) in [6.07, 6.45) is 3.19. The van der Waals surface area contributed by atoms with Gasteiger partial charge in [-0.1, -0.05) is 15.9 Å². The molecule has 1 amide bonds. The van der Waals surface area contributed by atoms with Crippen molar-refractivity contribution in [3.8, 4) is 0 Å². The molecule has 0 unspecified atom stereocenters. The van der Waals surface area contributed by atoms with Crippen molar-refractivity contribution >= 4 is 27.5 Å². The molecule has 0 radical (unpaired) electrons. The van der Waals surface area contributed by atoms with E-state index in [9.17, 15) is 4.79 Å². The molecule has 0 aliphatic heterocycles. The minimum atomic E-state index is -0.133. The zero-order chi connectivity index (χ0) is 11.5. The number of benzene rings is 1. The van der Waals surface area contributed by atoms with Gasteiger partial charge in [-0.05, 0) is 30.7 Å². The molecule has 4 nitrogen and oxygen atoms in total. The molecule has 1 aromatic heterocycles. The zero-order valence-corrected chi connectivity index (χ0v) is 10.2. The van der Waals surface area contributed by atoms with Crippen LogP contribution in [-0.4, -0.2) is 16.1 Å². The van der Waals surface area contributed by atoms with E-state index in [1.54, 1.807) is 18.5 Å². The van der Waals surface area contributed by atoms with Crippen molar-refractivity contribution < 1.29 is 4.79 Å². The zero-order valence-electron chi connectivity index (χ0n) is 8.62. The van der Waals surface area contributed by atoms with Gasteiger partial charge in [-0.3, -0.25) is 9.89 Å². The predicted molar refractivity (Wildman–Crippen MR) is 65.4 cm³/mol. The third kappa shape index (κ3) is 2.30. The third-order valence-electron chi connectivity index (χ3n) is 2.19. The number of amides is 1. The number of aromatic amines is 1. The van der Waals surface area contributed by atoms with Crippen LogP contribution >= 0.6 is 15.9 Å². The van der Waals surface area contributed by atoms with E-state index < -0.39 is 0 Å². The molecule has 2 N–H and O–H groups in total. The summed E-state index contributed by atoms with van der Waals surface area (Å²) in [5.41, 5.74) is 2.24. The minimum Gasteiger partial charge on any atom is -0.319 e. The van der Waals surface area contributed by atoms with Crippen LogP contribution in [0.1, 0.15) is 15.9 Å². The van der Waals surface area contributed by atoms with Gasteiger partial charge < -0.3 is 5.32 Å². The molecular formula is C11H10BrN3O. The van der Waals surface area contributed by atoms with Crippen LogP contribution in [-0.2, 0) is 0 Å². The molecule has 0 aliphatic rings. The summed E-state index contributed by atoms with van der Waals surface area (Å²) in [7, 11) is 0. The number of carbonyl (C=O) groups is 1. The number of aryl methyl sites for hydroxylation is 1. The Kier molecular flexibility index (Phi) is 3.05. The number of aromatic nitrogens is 2. The minimum absolute atomic E-state index is 0.133. The van der Waals surface area contributed by atoms with Gasteiger partial charge in [-0.15, -0.1) is 0 Å². The fourth-order valence-electron chi connectivity index (χ4n) is 1.40. The van der Waals surface area contributed by atoms with Crippen LogP contribution in [0, 0.1) is 6.92 Å². The number of H-pyrrole nitrogens is 1. The molecule has 82 valence electrons. The lowest BCUT2D eigenvalue weighted by molar-refractivity contribution is 0.102. The van der Waals surface area contributed by atoms with Crippen molar-refractivity contribution in [2.45, 2.75) is 6.92 Å². The largest absolute Gasteiger partial charge is 0.319 e. The number of rotatable bonds is 2. The molecule has 1 heterocycles. The number of carbonyl (C=O) groups excluding carboxylic acids is 1. The maximum atomic E-state index is 11.9. The Morgan fingerprint density at radius 3 is 2.94 bits per heavy atom. The molecule has 0 saturated carbocycles. The van der Waals surface area contributed by atoms with Gasteiger partial charge in [0.05, 0.1) is 11.9 Å². The first-order valence-electron chi connectivity index (χ1n) is 4.73. The summed E-state index contributed by atoms with van der Waals surface area (Å²) in [6, 6.07) is 5.54. The second-order valence-electron chi connectivity index (χ2n) is 3.40. The quantitative estimate of drug-likeness (QED) is 0.888. The van der Waals surface area contributed by atoms with Gasteiger partial charge in [0.2, 0.25) is 0 Å². The fraction of sp³-hybridized carbons (Fsp3) is 0.0909. The average Bonchev–Trinajstić information content (AvgIpc) is 2.70. The smallest absolute Gasteiger partial charge is 0.256 e. The van der Waals surface area contributed by atoms with Crippen LogP contribution in [0.25, 0.3) is 0 Å². The lowest BCUT2D eigenvalue weighted by Gasteiger charge is -2.05. The number of hydrogen-bond donors (Lipinski definition) is 2. The number of halogens is 1. The van der Waals surface area contributed by atoms with Crippen LogP contribution in [0.15, 0.2) is 35.1 Å². The Hall–Kier alpha value is -1.62. The van der Waals surface area contributed by atoms with E-state index in [0.29, 0.717) is 11.3 Å². The summed E-state index contributed by atoms with van der Waals surface area (Å²) < 4.78 is 0.963. The van der Waals surface area contributed by atoms with Gasteiger partial charge >= 0.3 is 0 Å². The van der Waals surface area contributed by atoms with Crippen molar-refractivity contribution in [1.29, 1.82) is 0 Å². The van der Waals surface area contributed by atoms with Gasteiger partial charge in [0.25, 0.3) is 5.91 Å². The van der Waals surface area contributed by atoms with Crippen molar-refractivity contribution in [2.24, 2.45) is 0 Å². The Morgan fingerprint density at radius 1 is 1.50 bits per heavy atom. The van der Waals surface area contributed by atoms with E-state index in [-0.39, 0.29) is 5.91 Å². The molecule has 2 rings (SSSR count). The molecule has 2 aromatic rings. The van der Waals surface area contributed by atoms with Gasteiger partial charge in [0, 0.05) is 16.2 Å². The molecule has 0 aliphatic carbocycles. The van der Waals surface area contributed by atoms with Crippen molar-refractivity contribution in [2.75, 3.05) is 5.32 Å². The van der Waals surface area contributed by atoms with Crippen molar-refractivity contribution in [1.82, 2.24) is 10.2 Å². The summed E-state index contributed by atoms with van der Waals surface area (Å²) in [5, 5.41) is 9.15. The molecule has 0 spiro atoms. The van der Waals surface area contributed by atoms with E-state index in [4.69, 9.17) is 0 Å². The van der Waals surface area contributed by atoms with Gasteiger partial charge in [-0.2, -0.15) is 5.10 Å². The van der Waals surface area contributed by atoms with Crippen molar-refractivity contribution in [3.63, 3.8) is 0 Å². The van der Waals surface area contributed by atoms with Crippen LogP contribution < -0.4 is 5.32 Å². The van der Waals surface area contributed by atoms with Crippen molar-refractivity contribution in [3.05, 3.63) is 46.2 Å². The summed E-state index contributed by atoms with van der Waals surface area (Å²) in [5.74, 6) is -0.133. The molecule has 0 saturated heterocycles. The van der Waals surface area contributed by atoms with E-state index in [1.165, 1.54) is 0 Å². The lowest BCUT2D eigenvalue weighted by Crippen LogP contribution is -2.12. The normalized spacial score (nSPS) is 10.1. The monoisotopic (exact) mass is 279 g/mol. The highest BCUT2D eigenvalue weighted by atomic mass is 79.9. The molecule has 1 aromatic carbocycles. The second-order valence-corrected chi connectivity index (χ2v) is 4.32. The second kappa shape index (κ2) is 4.49. The molecule has 5 heteroatoms. The molecular weight excluding hydrogens is 270 g/mol. The first-order chi connectivity index (χ1) is 7.66. The predicted octanol–water partition coefficient (Wildman–Crippen LogP) is 2.73. The maximum absolute atomic E-state index is 11.9. The van der Waals surface area contributed by atoms with Crippen LogP contribution in [0.4, 0.5) is 5.69 Å². The van der Waals surface area contributed by atoms with E-state index in [2.05, 4.69) is 31.4 Å². The third-order valence-corrected chi connectivity index (χ3v) is 2.68. The number of nitrogens with zero attached hydrogens (tertiary/aromatic N) is 1. The fourth-order valence-corrected chi connectivity index (χ4v) is 1.88. The molecule has 0 fully saturated rings. The van der Waals surface area contributed by atoms with Gasteiger partial charge in [-0.25, -0.2) is 0 Å². The highest BCUT2D eigenvalue weighted by Crippen LogP contribution is 2.17. The molecule has 0 bridgehead atoms. The summed E-state index contributed by atoms with van der Waals surface area (Å²) >= 11 is 3.36. The number of nitrogens with one attached hydrogen (secondary N) is 2. The summed E-state index contributed by atoms with van der Waals surface area (Å²) in [6.45, 7) is 1.90. The van der Waals surface area contributed by atoms with Crippen LogP contribution in [0.3, 0.4) is 0 Å². The van der Waals surface area contributed by atoms with E-state index in [1.807, 2.05) is 19.1 Å². The van der Waals surface area contributed by atoms with Gasteiger partial charge in [0.15, 0.2) is 0 Å². The first-order valence-corrected chi connectivity index (χ1v) is 5.52. The highest BCUT2D eigenvalue weighted by Gasteiger charge is 2.09. The maximum Gasteiger partial charge on any atom is 0.256 e. The van der Waals surface area contributed by atoms with Crippen LogP contribution in [0.5, 0.6) is 0 Å². The topological polar surface area (TPSA) is 57.8 Å². The molecule has 16 heavy (non-hydrogen) atoms. The van der Waals surface area contributed by atoms with Gasteiger partial charge in [0.1, 0.15) is 0 Å².